The van der Waals surface area contributed by atoms with Gasteiger partial charge in [-0.3, -0.25) is 9.59 Å². The maximum atomic E-state index is 15.2. The lowest BCUT2D eigenvalue weighted by atomic mass is 9.78. The average molecular weight is 797 g/mol. The molecule has 1 saturated carbocycles. The molecule has 0 spiro atoms. The van der Waals surface area contributed by atoms with Crippen LogP contribution in [0.3, 0.4) is 0 Å². The number of likely N-dealkylation sites (tertiary alicyclic amines) is 2. The Morgan fingerprint density at radius 1 is 0.879 bits per heavy atom. The third kappa shape index (κ3) is 10.3. The van der Waals surface area contributed by atoms with Crippen molar-refractivity contribution in [2.75, 3.05) is 76.0 Å². The quantitative estimate of drug-likeness (QED) is 0.174. The van der Waals surface area contributed by atoms with Crippen LogP contribution in [0.2, 0.25) is 0 Å². The fourth-order valence-electron chi connectivity index (χ4n) is 8.41. The normalized spacial score (nSPS) is 20.3. The summed E-state index contributed by atoms with van der Waals surface area (Å²) >= 11 is 0. The number of ether oxygens (including phenoxy) is 4. The molecule has 312 valence electrons. The maximum absolute atomic E-state index is 15.2. The van der Waals surface area contributed by atoms with Crippen LogP contribution in [-0.2, 0) is 19.1 Å². The number of rotatable bonds is 14. The second-order valence-corrected chi connectivity index (χ2v) is 17.1. The first-order chi connectivity index (χ1) is 28.0. The van der Waals surface area contributed by atoms with Crippen LogP contribution < -0.4 is 19.3 Å². The van der Waals surface area contributed by atoms with Gasteiger partial charge < -0.3 is 43.7 Å². The molecule has 3 fully saturated rings. The van der Waals surface area contributed by atoms with Crippen LogP contribution in [0.15, 0.2) is 66.7 Å². The van der Waals surface area contributed by atoms with E-state index in [0.29, 0.717) is 50.6 Å². The summed E-state index contributed by atoms with van der Waals surface area (Å²) in [5.41, 5.74) is 3.80. The van der Waals surface area contributed by atoms with Crippen LogP contribution in [-0.4, -0.2) is 117 Å². The second kappa shape index (κ2) is 18.5. The van der Waals surface area contributed by atoms with Crippen molar-refractivity contribution in [2.24, 2.45) is 5.92 Å². The highest BCUT2D eigenvalue weighted by atomic mass is 16.6. The van der Waals surface area contributed by atoms with Crippen molar-refractivity contribution in [3.05, 3.63) is 72.3 Å². The molecule has 3 aromatic rings. The number of aliphatic hydroxyl groups is 1. The molecule has 2 atom stereocenters. The van der Waals surface area contributed by atoms with Gasteiger partial charge >= 0.3 is 6.09 Å². The van der Waals surface area contributed by atoms with E-state index in [1.807, 2.05) is 62.1 Å². The molecule has 3 amide bonds. The van der Waals surface area contributed by atoms with Crippen molar-refractivity contribution in [3.8, 4) is 22.6 Å². The van der Waals surface area contributed by atoms with Gasteiger partial charge in [-0.15, -0.1) is 0 Å². The van der Waals surface area contributed by atoms with E-state index in [9.17, 15) is 14.7 Å². The minimum atomic E-state index is -0.671. The van der Waals surface area contributed by atoms with Gasteiger partial charge in [0, 0.05) is 64.7 Å². The standard InChI is InChI=1S/C46H60N4O8/c1-46(2,3)58-45(54)48-24-19-39(34-11-5-9-32(27-34)33-10-6-12-38(28-33)56-26-7-20-47-22-17-37(51)18-23-47)40(30-48)44(53)50(35-13-14-35)36-15-16-42-41(29-36)49(21-8-25-55-4)43(52)31-57-42/h5-6,9-12,15-16,27-29,35,37,39-40,51H,7-8,13-14,17-26,30-31H2,1-4H3/t39-,40+/m1/s1. The number of carbonyl (C=O) groups is 3. The third-order valence-corrected chi connectivity index (χ3v) is 11.6. The van der Waals surface area contributed by atoms with Crippen molar-refractivity contribution >= 4 is 29.3 Å². The van der Waals surface area contributed by atoms with Crippen LogP contribution in [0, 0.1) is 5.92 Å². The first-order valence-corrected chi connectivity index (χ1v) is 21.1. The molecule has 3 aliphatic heterocycles. The molecule has 3 heterocycles. The van der Waals surface area contributed by atoms with Crippen LogP contribution in [0.4, 0.5) is 16.2 Å². The summed E-state index contributed by atoms with van der Waals surface area (Å²) in [5.74, 6) is 0.553. The van der Waals surface area contributed by atoms with Gasteiger partial charge in [-0.05, 0) is 119 Å². The minimum absolute atomic E-state index is 0.0204. The summed E-state index contributed by atoms with van der Waals surface area (Å²) in [6.45, 7) is 10.6. The number of amides is 3. The first kappa shape index (κ1) is 41.5. The highest BCUT2D eigenvalue weighted by molar-refractivity contribution is 6.01. The SMILES string of the molecule is COCCCN1C(=O)COc2ccc(N(C(=O)[C@H]3CN(C(=O)OC(C)(C)C)CC[C@@H]3c3cccc(-c4cccc(OCCCN5CCC(O)CC5)c4)c3)C3CC3)cc21. The molecule has 0 bridgehead atoms. The molecule has 7 rings (SSSR count). The second-order valence-electron chi connectivity index (χ2n) is 17.1. The lowest BCUT2D eigenvalue weighted by Gasteiger charge is -2.41. The van der Waals surface area contributed by atoms with Gasteiger partial charge in [0.15, 0.2) is 6.61 Å². The topological polar surface area (TPSA) is 121 Å². The Hall–Kier alpha value is -4.65. The summed E-state index contributed by atoms with van der Waals surface area (Å²) in [5, 5.41) is 9.82. The number of nitrogens with zero attached hydrogens (tertiary/aromatic N) is 4. The zero-order valence-corrected chi connectivity index (χ0v) is 34.6. The van der Waals surface area contributed by atoms with E-state index in [0.717, 1.165) is 79.9 Å². The average Bonchev–Trinajstić information content (AvgIpc) is 4.06. The number of carbonyl (C=O) groups excluding carboxylic acids is 3. The van der Waals surface area contributed by atoms with Gasteiger partial charge in [-0.1, -0.05) is 36.4 Å². The Morgan fingerprint density at radius 3 is 2.36 bits per heavy atom. The van der Waals surface area contributed by atoms with E-state index < -0.39 is 17.6 Å². The molecule has 0 unspecified atom stereocenters. The number of hydrogen-bond donors (Lipinski definition) is 1. The first-order valence-electron chi connectivity index (χ1n) is 21.1. The predicted molar refractivity (Wildman–Crippen MR) is 224 cm³/mol. The van der Waals surface area contributed by atoms with E-state index in [4.69, 9.17) is 18.9 Å². The van der Waals surface area contributed by atoms with Gasteiger partial charge in [0.2, 0.25) is 5.91 Å². The number of anilines is 2. The van der Waals surface area contributed by atoms with Crippen LogP contribution in [0.5, 0.6) is 11.5 Å². The minimum Gasteiger partial charge on any atom is -0.494 e. The zero-order chi connectivity index (χ0) is 40.8. The molecular formula is C46H60N4O8. The van der Waals surface area contributed by atoms with Gasteiger partial charge in [0.25, 0.3) is 5.91 Å². The van der Waals surface area contributed by atoms with E-state index in [2.05, 4.69) is 35.2 Å². The van der Waals surface area contributed by atoms with Gasteiger partial charge in [-0.2, -0.15) is 0 Å². The molecule has 0 radical (unpaired) electrons. The third-order valence-electron chi connectivity index (χ3n) is 11.6. The summed E-state index contributed by atoms with van der Waals surface area (Å²) in [6.07, 6.45) is 5.00. The highest BCUT2D eigenvalue weighted by Crippen LogP contribution is 2.43. The van der Waals surface area contributed by atoms with Crippen molar-refractivity contribution in [3.63, 3.8) is 0 Å². The molecule has 58 heavy (non-hydrogen) atoms. The van der Waals surface area contributed by atoms with Crippen molar-refractivity contribution in [1.29, 1.82) is 0 Å². The number of benzene rings is 3. The number of piperidine rings is 2. The monoisotopic (exact) mass is 796 g/mol. The van der Waals surface area contributed by atoms with E-state index in [1.54, 1.807) is 16.9 Å². The van der Waals surface area contributed by atoms with Gasteiger partial charge in [0.1, 0.15) is 17.1 Å². The fourth-order valence-corrected chi connectivity index (χ4v) is 8.41. The Labute approximate surface area is 343 Å². The molecule has 4 aliphatic rings. The van der Waals surface area contributed by atoms with Crippen molar-refractivity contribution in [2.45, 2.75) is 89.4 Å². The van der Waals surface area contributed by atoms with Crippen LogP contribution in [0.1, 0.15) is 77.2 Å². The fraction of sp³-hybridized carbons (Fsp3) is 0.543. The Bertz CT molecular complexity index is 1900. The Balaban J connectivity index is 1.13. The molecule has 12 nitrogen and oxygen atoms in total. The van der Waals surface area contributed by atoms with E-state index in [-0.39, 0.29) is 43.0 Å². The molecule has 1 aliphatic carbocycles. The highest BCUT2D eigenvalue weighted by Gasteiger charge is 2.44. The largest absolute Gasteiger partial charge is 0.494 e. The Morgan fingerprint density at radius 2 is 1.62 bits per heavy atom. The summed E-state index contributed by atoms with van der Waals surface area (Å²) in [6, 6.07) is 22.3. The van der Waals surface area contributed by atoms with Crippen LogP contribution >= 0.6 is 0 Å². The molecular weight excluding hydrogens is 737 g/mol. The number of aliphatic hydroxyl groups excluding tert-OH is 1. The molecule has 1 N–H and O–H groups in total. The summed E-state index contributed by atoms with van der Waals surface area (Å²) in [4.78, 5) is 49.4. The predicted octanol–water partition coefficient (Wildman–Crippen LogP) is 6.88. The Kier molecular flexibility index (Phi) is 13.2. The number of hydrogen-bond acceptors (Lipinski definition) is 9. The lowest BCUT2D eigenvalue weighted by Crippen LogP contribution is -2.51. The maximum Gasteiger partial charge on any atom is 0.410 e. The van der Waals surface area contributed by atoms with E-state index >= 15 is 4.79 Å². The number of methoxy groups -OCH3 is 1. The lowest BCUT2D eigenvalue weighted by molar-refractivity contribution is -0.124. The molecule has 12 heteroatoms. The molecule has 0 aromatic heterocycles. The number of fused-ring (bicyclic) bond motifs is 1. The van der Waals surface area contributed by atoms with Crippen molar-refractivity contribution < 1.29 is 38.4 Å². The smallest absolute Gasteiger partial charge is 0.410 e. The molecule has 3 aromatic carbocycles. The van der Waals surface area contributed by atoms with Gasteiger partial charge in [0.05, 0.1) is 24.3 Å². The summed E-state index contributed by atoms with van der Waals surface area (Å²) < 4.78 is 23.1. The van der Waals surface area contributed by atoms with Crippen molar-refractivity contribution in [1.82, 2.24) is 9.80 Å². The zero-order valence-electron chi connectivity index (χ0n) is 34.6. The summed E-state index contributed by atoms with van der Waals surface area (Å²) in [7, 11) is 1.64. The van der Waals surface area contributed by atoms with Crippen LogP contribution in [0.25, 0.3) is 11.1 Å². The van der Waals surface area contributed by atoms with Gasteiger partial charge in [-0.25, -0.2) is 4.79 Å². The molecule has 2 saturated heterocycles. The van der Waals surface area contributed by atoms with E-state index in [1.165, 1.54) is 0 Å².